The summed E-state index contributed by atoms with van der Waals surface area (Å²) in [5, 5.41) is 0.573. The van der Waals surface area contributed by atoms with Crippen LogP contribution < -0.4 is 5.43 Å². The zero-order valence-electron chi connectivity index (χ0n) is 11.3. The zero-order chi connectivity index (χ0) is 15.7. The van der Waals surface area contributed by atoms with Gasteiger partial charge in [0.2, 0.25) is 5.43 Å². The van der Waals surface area contributed by atoms with E-state index in [1.807, 2.05) is 42.5 Å². The number of para-hydroxylation sites is 1. The molecule has 2 atom stereocenters. The Hall–Kier alpha value is -0.910. The minimum absolute atomic E-state index is 0.0192. The molecular formula is C17H11Br3O2. The molecule has 0 N–H and O–H groups in total. The smallest absolute Gasteiger partial charge is 0.207 e. The largest absolute Gasteiger partial charge is 0.458 e. The Morgan fingerprint density at radius 3 is 2.23 bits per heavy atom. The summed E-state index contributed by atoms with van der Waals surface area (Å²) >= 11 is 10.7. The lowest BCUT2D eigenvalue weighted by Crippen LogP contribution is -2.09. The van der Waals surface area contributed by atoms with Gasteiger partial charge in [0.1, 0.15) is 15.8 Å². The van der Waals surface area contributed by atoms with Crippen LogP contribution in [0.15, 0.2) is 68.3 Å². The average Bonchev–Trinajstić information content (AvgIpc) is 2.57. The molecule has 0 saturated carbocycles. The van der Waals surface area contributed by atoms with Crippen LogP contribution in [0.25, 0.3) is 11.0 Å². The molecular weight excluding hydrogens is 476 g/mol. The van der Waals surface area contributed by atoms with Crippen LogP contribution in [0.2, 0.25) is 0 Å². The van der Waals surface area contributed by atoms with Gasteiger partial charge in [0.15, 0.2) is 0 Å². The van der Waals surface area contributed by atoms with E-state index in [9.17, 15) is 4.79 Å². The normalized spacial score (nSPS) is 14.0. The van der Waals surface area contributed by atoms with Gasteiger partial charge in [-0.05, 0) is 33.6 Å². The molecule has 0 aliphatic heterocycles. The molecule has 22 heavy (non-hydrogen) atoms. The van der Waals surface area contributed by atoms with Crippen molar-refractivity contribution in [3.63, 3.8) is 0 Å². The number of hydrogen-bond donors (Lipinski definition) is 0. The Balaban J connectivity index is 2.10. The molecule has 0 aliphatic rings. The minimum atomic E-state index is -0.179. The molecule has 0 amide bonds. The SMILES string of the molecule is O=c1c(Br)c(C(Br)C(Br)c2ccccc2)oc2ccccc12. The van der Waals surface area contributed by atoms with Crippen molar-refractivity contribution in [1.82, 2.24) is 0 Å². The van der Waals surface area contributed by atoms with Crippen molar-refractivity contribution in [2.75, 3.05) is 0 Å². The van der Waals surface area contributed by atoms with E-state index in [0.29, 0.717) is 21.2 Å². The molecule has 5 heteroatoms. The van der Waals surface area contributed by atoms with Crippen molar-refractivity contribution in [1.29, 1.82) is 0 Å². The molecule has 0 bridgehead atoms. The lowest BCUT2D eigenvalue weighted by molar-refractivity contribution is 0.527. The highest BCUT2D eigenvalue weighted by Gasteiger charge is 2.26. The highest BCUT2D eigenvalue weighted by atomic mass is 79.9. The van der Waals surface area contributed by atoms with Crippen molar-refractivity contribution in [2.24, 2.45) is 0 Å². The van der Waals surface area contributed by atoms with Crippen LogP contribution in [0.3, 0.4) is 0 Å². The van der Waals surface area contributed by atoms with Gasteiger partial charge in [-0.3, -0.25) is 4.79 Å². The summed E-state index contributed by atoms with van der Waals surface area (Å²) in [6.07, 6.45) is 0. The first-order valence-corrected chi connectivity index (χ1v) is 9.26. The summed E-state index contributed by atoms with van der Waals surface area (Å²) in [7, 11) is 0. The molecule has 0 saturated heterocycles. The molecule has 0 aliphatic carbocycles. The van der Waals surface area contributed by atoms with Crippen LogP contribution in [0, 0.1) is 0 Å². The molecule has 2 nitrogen and oxygen atoms in total. The quantitative estimate of drug-likeness (QED) is 0.417. The Bertz CT molecular complexity index is 859. The van der Waals surface area contributed by atoms with Crippen molar-refractivity contribution < 1.29 is 4.42 Å². The van der Waals surface area contributed by atoms with Crippen LogP contribution in [-0.2, 0) is 0 Å². The second-order valence-electron chi connectivity index (χ2n) is 4.82. The number of hydrogen-bond acceptors (Lipinski definition) is 2. The van der Waals surface area contributed by atoms with Crippen LogP contribution in [0.1, 0.15) is 21.0 Å². The average molecular weight is 487 g/mol. The first-order valence-electron chi connectivity index (χ1n) is 6.64. The number of alkyl halides is 2. The molecule has 0 fully saturated rings. The molecule has 3 aromatic rings. The number of halogens is 3. The maximum Gasteiger partial charge on any atom is 0.207 e. The Kier molecular flexibility index (Phi) is 4.85. The number of benzene rings is 2. The summed E-state index contributed by atoms with van der Waals surface area (Å²) in [5.41, 5.74) is 1.63. The van der Waals surface area contributed by atoms with Gasteiger partial charge in [0.05, 0.1) is 15.0 Å². The third kappa shape index (κ3) is 2.94. The fourth-order valence-corrected chi connectivity index (χ4v) is 4.27. The van der Waals surface area contributed by atoms with Gasteiger partial charge < -0.3 is 4.42 Å². The topological polar surface area (TPSA) is 30.2 Å². The second kappa shape index (κ2) is 6.69. The Morgan fingerprint density at radius 2 is 1.50 bits per heavy atom. The molecule has 0 spiro atoms. The van der Waals surface area contributed by atoms with E-state index in [0.717, 1.165) is 5.56 Å². The van der Waals surface area contributed by atoms with Gasteiger partial charge in [-0.15, -0.1) is 0 Å². The molecule has 0 radical (unpaired) electrons. The van der Waals surface area contributed by atoms with E-state index < -0.39 is 0 Å². The summed E-state index contributed by atoms with van der Waals surface area (Å²) in [6, 6.07) is 17.2. The summed E-state index contributed by atoms with van der Waals surface area (Å²) < 4.78 is 6.41. The standard InChI is InChI=1S/C17H11Br3O2/c18-13(10-6-2-1-3-7-10)14(19)17-15(20)16(21)11-8-4-5-9-12(11)22-17/h1-9,13-14H. The van der Waals surface area contributed by atoms with E-state index >= 15 is 0 Å². The molecule has 2 unspecified atom stereocenters. The van der Waals surface area contributed by atoms with Gasteiger partial charge in [-0.2, -0.15) is 0 Å². The van der Waals surface area contributed by atoms with Gasteiger partial charge >= 0.3 is 0 Å². The van der Waals surface area contributed by atoms with Crippen LogP contribution in [-0.4, -0.2) is 0 Å². The third-order valence-electron chi connectivity index (χ3n) is 3.39. The molecule has 112 valence electrons. The maximum atomic E-state index is 12.5. The van der Waals surface area contributed by atoms with Crippen LogP contribution in [0.4, 0.5) is 0 Å². The molecule has 1 aromatic heterocycles. The Labute approximate surface area is 152 Å². The maximum absolute atomic E-state index is 12.5. The monoisotopic (exact) mass is 484 g/mol. The highest BCUT2D eigenvalue weighted by Crippen LogP contribution is 2.44. The van der Waals surface area contributed by atoms with Crippen molar-refractivity contribution >= 4 is 58.8 Å². The van der Waals surface area contributed by atoms with E-state index in [2.05, 4.69) is 47.8 Å². The fourth-order valence-electron chi connectivity index (χ4n) is 2.25. The van der Waals surface area contributed by atoms with Gasteiger partial charge in [0, 0.05) is 0 Å². The van der Waals surface area contributed by atoms with Crippen LogP contribution >= 0.6 is 47.8 Å². The van der Waals surface area contributed by atoms with E-state index in [1.54, 1.807) is 12.1 Å². The summed E-state index contributed by atoms with van der Waals surface area (Å²) in [6.45, 7) is 0. The van der Waals surface area contributed by atoms with E-state index in [1.165, 1.54) is 0 Å². The minimum Gasteiger partial charge on any atom is -0.458 e. The zero-order valence-corrected chi connectivity index (χ0v) is 16.1. The predicted molar refractivity (Wildman–Crippen MR) is 100.0 cm³/mol. The van der Waals surface area contributed by atoms with E-state index in [-0.39, 0.29) is 15.1 Å². The van der Waals surface area contributed by atoms with Gasteiger partial charge in [-0.25, -0.2) is 0 Å². The molecule has 2 aromatic carbocycles. The molecule has 1 heterocycles. The van der Waals surface area contributed by atoms with Crippen molar-refractivity contribution in [3.8, 4) is 0 Å². The predicted octanol–water partition coefficient (Wildman–Crippen LogP) is 6.13. The highest BCUT2D eigenvalue weighted by molar-refractivity contribution is 9.12. The lowest BCUT2D eigenvalue weighted by Gasteiger charge is -2.18. The van der Waals surface area contributed by atoms with Gasteiger partial charge in [0.25, 0.3) is 0 Å². The summed E-state index contributed by atoms with van der Waals surface area (Å²) in [5.74, 6) is 0.578. The number of rotatable bonds is 3. The van der Waals surface area contributed by atoms with E-state index in [4.69, 9.17) is 4.42 Å². The lowest BCUT2D eigenvalue weighted by atomic mass is 10.1. The third-order valence-corrected chi connectivity index (χ3v) is 6.85. The summed E-state index contributed by atoms with van der Waals surface area (Å²) in [4.78, 5) is 12.3. The van der Waals surface area contributed by atoms with Gasteiger partial charge in [-0.1, -0.05) is 74.3 Å². The van der Waals surface area contributed by atoms with Crippen LogP contribution in [0.5, 0.6) is 0 Å². The fraction of sp³-hybridized carbons (Fsp3) is 0.118. The second-order valence-corrected chi connectivity index (χ2v) is 7.59. The Morgan fingerprint density at radius 1 is 0.864 bits per heavy atom. The number of fused-ring (bicyclic) bond motifs is 1. The first-order chi connectivity index (χ1) is 10.6. The van der Waals surface area contributed by atoms with Crippen molar-refractivity contribution in [2.45, 2.75) is 9.65 Å². The first kappa shape index (κ1) is 16.0. The van der Waals surface area contributed by atoms with Crippen molar-refractivity contribution in [3.05, 3.63) is 80.6 Å². The molecule has 3 rings (SSSR count).